The van der Waals surface area contributed by atoms with Crippen LogP contribution in [0, 0.1) is 22.7 Å². The number of hydrogen-bond acceptors (Lipinski definition) is 9. The normalized spacial score (nSPS) is 18.6. The fraction of sp³-hybridized carbons (Fsp3) is 0.882. The van der Waals surface area contributed by atoms with E-state index in [0.717, 1.165) is 51.4 Å². The van der Waals surface area contributed by atoms with Gasteiger partial charge >= 0.3 is 23.9 Å². The van der Waals surface area contributed by atoms with Crippen molar-refractivity contribution in [1.29, 1.82) is 0 Å². The lowest BCUT2D eigenvalue weighted by Gasteiger charge is -2.28. The van der Waals surface area contributed by atoms with Crippen LogP contribution in [0.4, 0.5) is 0 Å². The molecule has 0 heterocycles. The van der Waals surface area contributed by atoms with Crippen molar-refractivity contribution in [3.8, 4) is 0 Å². The van der Waals surface area contributed by atoms with Gasteiger partial charge in [-0.2, -0.15) is 0 Å². The summed E-state index contributed by atoms with van der Waals surface area (Å²) in [6.45, 7) is 19.1. The molecular weight excluding hydrogens is 564 g/mol. The number of nitrogens with one attached hydrogen (secondary N) is 2. The van der Waals surface area contributed by atoms with E-state index in [-0.39, 0.29) is 47.4 Å². The van der Waals surface area contributed by atoms with E-state index in [1.807, 2.05) is 13.8 Å². The first-order valence-corrected chi connectivity index (χ1v) is 16.8. The molecule has 256 valence electrons. The Labute approximate surface area is 266 Å². The van der Waals surface area contributed by atoms with Crippen molar-refractivity contribution in [2.75, 3.05) is 39.5 Å². The van der Waals surface area contributed by atoms with Crippen LogP contribution in [0.3, 0.4) is 0 Å². The first-order chi connectivity index (χ1) is 20.6. The van der Waals surface area contributed by atoms with Gasteiger partial charge in [-0.05, 0) is 54.8 Å². The van der Waals surface area contributed by atoms with E-state index in [4.69, 9.17) is 18.9 Å². The second kappa shape index (κ2) is 20.8. The highest BCUT2D eigenvalue weighted by Gasteiger charge is 2.32. The van der Waals surface area contributed by atoms with Gasteiger partial charge in [0.05, 0.1) is 32.7 Å². The monoisotopic (exact) mass is 627 g/mol. The molecule has 0 aromatic heterocycles. The molecule has 0 aromatic rings. The Morgan fingerprint density at radius 3 is 1.52 bits per heavy atom. The standard InChI is InChI=1S/C34H62N2O8/c1-9-11-17-41-31(39)27(35-23-33(3,4)5)19-29(37)43-21-25-13-15-26(16-14-25)22-44-30(38)20-28(36-24-34(6,7)8)32(40)42-18-12-10-2/h25-28,35-36H,9-24H2,1-8H3/p+1. The molecule has 44 heavy (non-hydrogen) atoms. The molecular formula is C34H63N2O8+. The van der Waals surface area contributed by atoms with Crippen molar-refractivity contribution in [2.24, 2.45) is 22.7 Å². The second-order valence-electron chi connectivity index (χ2n) is 14.7. The molecule has 1 fully saturated rings. The minimum atomic E-state index is -0.727. The zero-order valence-electron chi connectivity index (χ0n) is 28.9. The fourth-order valence-corrected chi connectivity index (χ4v) is 4.62. The molecule has 1 rings (SSSR count). The number of hydrogen-bond donors (Lipinski definition) is 2. The highest BCUT2D eigenvalue weighted by atomic mass is 16.5. The molecule has 0 bridgehead atoms. The van der Waals surface area contributed by atoms with Gasteiger partial charge in [-0.25, -0.2) is 0 Å². The molecule has 0 aliphatic heterocycles. The second-order valence-corrected chi connectivity index (χ2v) is 14.7. The number of carbonyl (C=O) groups excluding carboxylic acids is 4. The average Bonchev–Trinajstić information content (AvgIpc) is 2.94. The topological polar surface area (TPSA) is 134 Å². The Kier molecular flexibility index (Phi) is 18.8. The molecule has 1 saturated carbocycles. The van der Waals surface area contributed by atoms with E-state index in [1.165, 1.54) is 0 Å². The highest BCUT2D eigenvalue weighted by molar-refractivity contribution is 5.83. The zero-order valence-corrected chi connectivity index (χ0v) is 28.9. The summed E-state index contributed by atoms with van der Waals surface area (Å²) in [7, 11) is 0. The van der Waals surface area contributed by atoms with Gasteiger partial charge < -0.3 is 29.1 Å². The minimum Gasteiger partial charge on any atom is -0.465 e. The number of esters is 4. The predicted octanol–water partition coefficient (Wildman–Crippen LogP) is 5.33. The lowest BCUT2D eigenvalue weighted by atomic mass is 9.83. The van der Waals surface area contributed by atoms with Gasteiger partial charge in [-0.15, -0.1) is 0 Å². The van der Waals surface area contributed by atoms with Crippen LogP contribution in [0.1, 0.15) is 120 Å². The van der Waals surface area contributed by atoms with Gasteiger partial charge in [-0.3, -0.25) is 19.7 Å². The predicted molar refractivity (Wildman–Crippen MR) is 173 cm³/mol. The Morgan fingerprint density at radius 1 is 0.682 bits per heavy atom. The SMILES string of the molecule is CCCCOC(=O)C(CC(=O)OCC1CCC(COC(=O)CC(NCC(C)(C)C)C(=[OH+])OCCCC)CC1)NCC(C)(C)C. The fourth-order valence-electron chi connectivity index (χ4n) is 4.62. The number of carbonyl (C=O) groups is 3. The van der Waals surface area contributed by atoms with Gasteiger partial charge in [-0.1, -0.05) is 68.2 Å². The highest BCUT2D eigenvalue weighted by Crippen LogP contribution is 2.29. The molecule has 0 spiro atoms. The molecule has 10 heteroatoms. The Hall–Kier alpha value is -2.20. The summed E-state index contributed by atoms with van der Waals surface area (Å²) >= 11 is 0. The summed E-state index contributed by atoms with van der Waals surface area (Å²) in [6, 6.07) is -1.35. The summed E-state index contributed by atoms with van der Waals surface area (Å²) in [5.74, 6) is -0.882. The minimum absolute atomic E-state index is 0.00289. The average molecular weight is 628 g/mol. The quantitative estimate of drug-likeness (QED) is 0.0795. The van der Waals surface area contributed by atoms with Crippen molar-refractivity contribution in [1.82, 2.24) is 10.6 Å². The molecule has 0 saturated heterocycles. The molecule has 2 unspecified atom stereocenters. The van der Waals surface area contributed by atoms with Gasteiger partial charge in [0, 0.05) is 19.5 Å². The Bertz CT molecular complexity index is 786. The molecule has 0 amide bonds. The lowest BCUT2D eigenvalue weighted by molar-refractivity contribution is -0.154. The van der Waals surface area contributed by atoms with Crippen molar-refractivity contribution >= 4 is 23.9 Å². The third-order valence-electron chi connectivity index (χ3n) is 7.50. The molecule has 1 aliphatic rings. The number of ether oxygens (including phenoxy) is 4. The van der Waals surface area contributed by atoms with Crippen molar-refractivity contribution in [3.05, 3.63) is 0 Å². The smallest absolute Gasteiger partial charge is 0.465 e. The van der Waals surface area contributed by atoms with Crippen LogP contribution in [-0.4, -0.2) is 80.3 Å². The summed E-state index contributed by atoms with van der Waals surface area (Å²) in [6.07, 6.45) is 6.91. The van der Waals surface area contributed by atoms with Crippen LogP contribution in [0.2, 0.25) is 0 Å². The van der Waals surface area contributed by atoms with E-state index in [0.29, 0.717) is 39.5 Å². The molecule has 0 aromatic carbocycles. The van der Waals surface area contributed by atoms with Crippen LogP contribution in [0.5, 0.6) is 0 Å². The van der Waals surface area contributed by atoms with Crippen LogP contribution in [0.25, 0.3) is 0 Å². The maximum absolute atomic E-state index is 12.7. The Morgan fingerprint density at radius 2 is 1.09 bits per heavy atom. The third kappa shape index (κ3) is 19.2. The van der Waals surface area contributed by atoms with E-state index in [2.05, 4.69) is 52.2 Å². The van der Waals surface area contributed by atoms with Crippen LogP contribution in [0.15, 0.2) is 0 Å². The van der Waals surface area contributed by atoms with E-state index >= 15 is 0 Å². The number of rotatable bonds is 20. The molecule has 0 radical (unpaired) electrons. The lowest BCUT2D eigenvalue weighted by Crippen LogP contribution is -2.44. The van der Waals surface area contributed by atoms with Gasteiger partial charge in [0.15, 0.2) is 12.6 Å². The van der Waals surface area contributed by atoms with Gasteiger partial charge in [0.25, 0.3) is 0 Å². The summed E-state index contributed by atoms with van der Waals surface area (Å²) < 4.78 is 22.0. The first-order valence-electron chi connectivity index (χ1n) is 16.8. The summed E-state index contributed by atoms with van der Waals surface area (Å²) in [5, 5.41) is 6.43. The maximum atomic E-state index is 12.7. The zero-order chi connectivity index (χ0) is 33.2. The van der Waals surface area contributed by atoms with E-state index in [9.17, 15) is 19.2 Å². The van der Waals surface area contributed by atoms with Gasteiger partial charge in [0.1, 0.15) is 6.04 Å². The van der Waals surface area contributed by atoms with Crippen molar-refractivity contribution in [3.63, 3.8) is 0 Å². The molecule has 3 N–H and O–H groups in total. The Balaban J connectivity index is 2.47. The van der Waals surface area contributed by atoms with E-state index < -0.39 is 24.0 Å². The molecule has 2 atom stereocenters. The molecule has 1 aliphatic carbocycles. The molecule has 10 nitrogen and oxygen atoms in total. The largest absolute Gasteiger partial charge is 0.501 e. The van der Waals surface area contributed by atoms with Crippen LogP contribution < -0.4 is 10.6 Å². The van der Waals surface area contributed by atoms with Gasteiger partial charge in [0.2, 0.25) is 0 Å². The first kappa shape index (κ1) is 39.8. The van der Waals surface area contributed by atoms with E-state index in [1.54, 1.807) is 0 Å². The number of unbranched alkanes of at least 4 members (excludes halogenated alkanes) is 2. The van der Waals surface area contributed by atoms with Crippen LogP contribution >= 0.6 is 0 Å². The third-order valence-corrected chi connectivity index (χ3v) is 7.50. The maximum Gasteiger partial charge on any atom is 0.501 e. The van der Waals surface area contributed by atoms with Crippen molar-refractivity contribution in [2.45, 2.75) is 132 Å². The summed E-state index contributed by atoms with van der Waals surface area (Å²) in [4.78, 5) is 48.4. The summed E-state index contributed by atoms with van der Waals surface area (Å²) in [5.41, 5.74) is -0.0731. The van der Waals surface area contributed by atoms with Crippen LogP contribution in [-0.2, 0) is 33.3 Å². The van der Waals surface area contributed by atoms with Crippen molar-refractivity contribution < 1.29 is 38.1 Å².